The first kappa shape index (κ1) is 26.1. The number of carbonyl (C=O) groups excluding carboxylic acids is 1. The Kier molecular flexibility index (Phi) is 8.62. The van der Waals surface area contributed by atoms with Crippen molar-refractivity contribution in [2.45, 2.75) is 36.3 Å². The highest BCUT2D eigenvalue weighted by molar-refractivity contribution is 8.13. The molecule has 2 N–H and O–H groups in total. The van der Waals surface area contributed by atoms with Crippen LogP contribution in [0.25, 0.3) is 0 Å². The Morgan fingerprint density at radius 1 is 1.09 bits per heavy atom. The van der Waals surface area contributed by atoms with Crippen molar-refractivity contribution in [3.8, 4) is 11.5 Å². The molecule has 1 aliphatic heterocycles. The summed E-state index contributed by atoms with van der Waals surface area (Å²) in [6.45, 7) is 4.75. The Morgan fingerprint density at radius 3 is 2.26 bits per heavy atom. The van der Waals surface area contributed by atoms with Gasteiger partial charge in [0.05, 0.1) is 11.5 Å². The van der Waals surface area contributed by atoms with E-state index in [-0.39, 0.29) is 31.0 Å². The molecule has 2 aromatic rings. The van der Waals surface area contributed by atoms with Crippen LogP contribution in [0.5, 0.6) is 11.5 Å². The van der Waals surface area contributed by atoms with Gasteiger partial charge in [0.2, 0.25) is 5.91 Å². The number of hydrogen-bond donors (Lipinski definition) is 1. The second-order valence-corrected chi connectivity index (χ2v) is 11.4. The molecule has 0 atom stereocenters. The zero-order valence-electron chi connectivity index (χ0n) is 19.6. The van der Waals surface area contributed by atoms with Crippen molar-refractivity contribution >= 4 is 32.7 Å². The van der Waals surface area contributed by atoms with Crippen molar-refractivity contribution in [1.29, 1.82) is 0 Å². The third-order valence-electron chi connectivity index (χ3n) is 5.56. The van der Waals surface area contributed by atoms with Gasteiger partial charge in [-0.3, -0.25) is 4.79 Å². The zero-order chi connectivity index (χ0) is 24.8. The lowest BCUT2D eigenvalue weighted by atomic mass is 9.98. The minimum atomic E-state index is -3.96. The summed E-state index contributed by atoms with van der Waals surface area (Å²) in [7, 11) is -2.29. The molecule has 10 heteroatoms. The lowest BCUT2D eigenvalue weighted by Crippen LogP contribution is -2.53. The predicted octanol–water partition coefficient (Wildman–Crippen LogP) is 3.29. The maximum absolute atomic E-state index is 13.2. The maximum atomic E-state index is 13.2. The van der Waals surface area contributed by atoms with Crippen LogP contribution in [0.2, 0.25) is 0 Å². The van der Waals surface area contributed by atoms with Gasteiger partial charge in [-0.25, -0.2) is 13.4 Å². The average Bonchev–Trinajstić information content (AvgIpc) is 2.81. The van der Waals surface area contributed by atoms with E-state index in [1.807, 2.05) is 26.0 Å². The van der Waals surface area contributed by atoms with Crippen molar-refractivity contribution in [3.63, 3.8) is 0 Å². The van der Waals surface area contributed by atoms with Crippen LogP contribution in [-0.4, -0.2) is 56.9 Å². The van der Waals surface area contributed by atoms with E-state index < -0.39 is 20.5 Å². The molecular formula is C24H30N2O6S2. The van der Waals surface area contributed by atoms with Gasteiger partial charge >= 0.3 is 0 Å². The fourth-order valence-electron chi connectivity index (χ4n) is 3.81. The highest BCUT2D eigenvalue weighted by Crippen LogP contribution is 2.35. The van der Waals surface area contributed by atoms with Gasteiger partial charge in [0, 0.05) is 26.0 Å². The molecule has 1 aliphatic rings. The number of sulfone groups is 1. The largest absolute Gasteiger partial charge is 0.493 e. The Morgan fingerprint density at radius 2 is 1.71 bits per heavy atom. The summed E-state index contributed by atoms with van der Waals surface area (Å²) in [5.41, 5.74) is 7.74. The van der Waals surface area contributed by atoms with E-state index in [4.69, 9.17) is 19.9 Å². The number of primary amides is 1. The molecule has 0 radical (unpaired) electrons. The van der Waals surface area contributed by atoms with Gasteiger partial charge in [0.15, 0.2) is 14.6 Å². The smallest absolute Gasteiger partial charge is 0.251 e. The SMILES string of the molecule is CN=C(Oc1cc(C)cc(C)c1)SCCOc1ccc(S(=O)(=O)C2(C(N)=O)CCOCC2)cc1. The molecule has 0 saturated carbocycles. The second-order valence-electron chi connectivity index (χ2n) is 8.06. The molecule has 34 heavy (non-hydrogen) atoms. The van der Waals surface area contributed by atoms with Crippen LogP contribution in [0.15, 0.2) is 52.4 Å². The number of amides is 1. The van der Waals surface area contributed by atoms with Crippen LogP contribution in [0.3, 0.4) is 0 Å². The lowest BCUT2D eigenvalue weighted by Gasteiger charge is -2.33. The normalized spacial score (nSPS) is 16.1. The minimum absolute atomic E-state index is 0.0391. The molecule has 1 amide bonds. The van der Waals surface area contributed by atoms with E-state index in [0.29, 0.717) is 23.3 Å². The Hall–Kier alpha value is -2.56. The van der Waals surface area contributed by atoms with E-state index >= 15 is 0 Å². The van der Waals surface area contributed by atoms with Gasteiger partial charge in [-0.15, -0.1) is 0 Å². The number of hydrogen-bond acceptors (Lipinski definition) is 8. The first-order valence-corrected chi connectivity index (χ1v) is 13.4. The zero-order valence-corrected chi connectivity index (χ0v) is 21.2. The fourth-order valence-corrected chi connectivity index (χ4v) is 6.35. The average molecular weight is 507 g/mol. The number of benzene rings is 2. The van der Waals surface area contributed by atoms with Crippen molar-refractivity contribution in [2.24, 2.45) is 10.7 Å². The third kappa shape index (κ3) is 5.92. The number of thioether (sulfide) groups is 1. The molecule has 0 aromatic heterocycles. The summed E-state index contributed by atoms with van der Waals surface area (Å²) >= 11 is 1.42. The fraction of sp³-hybridized carbons (Fsp3) is 0.417. The number of nitrogens with zero attached hydrogens (tertiary/aromatic N) is 1. The summed E-state index contributed by atoms with van der Waals surface area (Å²) in [6.07, 6.45) is 0.0945. The predicted molar refractivity (Wildman–Crippen MR) is 133 cm³/mol. The number of nitrogens with two attached hydrogens (primary N) is 1. The Labute approximate surface area is 204 Å². The molecule has 8 nitrogen and oxygen atoms in total. The second kappa shape index (κ2) is 11.2. The molecule has 3 rings (SSSR count). The number of ether oxygens (including phenoxy) is 3. The number of carbonyl (C=O) groups is 1. The molecule has 0 aliphatic carbocycles. The van der Waals surface area contributed by atoms with Crippen LogP contribution in [0.1, 0.15) is 24.0 Å². The molecule has 0 unspecified atom stereocenters. The quantitative estimate of drug-likeness (QED) is 0.332. The van der Waals surface area contributed by atoms with Gasteiger partial charge in [-0.2, -0.15) is 0 Å². The number of aliphatic imine (C=N–C) groups is 1. The van der Waals surface area contributed by atoms with E-state index in [0.717, 1.165) is 16.9 Å². The first-order chi connectivity index (χ1) is 16.2. The Bertz CT molecular complexity index is 1120. The van der Waals surface area contributed by atoms with Crippen molar-refractivity contribution in [1.82, 2.24) is 0 Å². The van der Waals surface area contributed by atoms with E-state index in [1.165, 1.54) is 23.9 Å². The van der Waals surface area contributed by atoms with Gasteiger partial charge in [0.1, 0.15) is 11.5 Å². The number of aryl methyl sites for hydroxylation is 2. The topological polar surface area (TPSA) is 117 Å². The molecule has 1 fully saturated rings. The molecule has 1 saturated heterocycles. The van der Waals surface area contributed by atoms with Crippen molar-refractivity contribution in [3.05, 3.63) is 53.6 Å². The molecule has 184 valence electrons. The number of rotatable bonds is 8. The summed E-state index contributed by atoms with van der Waals surface area (Å²) < 4.78 is 41.6. The summed E-state index contributed by atoms with van der Waals surface area (Å²) in [6, 6.07) is 12.0. The summed E-state index contributed by atoms with van der Waals surface area (Å²) in [5.74, 6) is 0.999. The highest BCUT2D eigenvalue weighted by Gasteiger charge is 2.51. The molecule has 0 spiro atoms. The summed E-state index contributed by atoms with van der Waals surface area (Å²) in [5, 5.41) is 0.531. The first-order valence-electron chi connectivity index (χ1n) is 10.9. The van der Waals surface area contributed by atoms with Gasteiger partial charge < -0.3 is 19.9 Å². The molecule has 1 heterocycles. The van der Waals surface area contributed by atoms with Crippen molar-refractivity contribution in [2.75, 3.05) is 32.6 Å². The van der Waals surface area contributed by atoms with Gasteiger partial charge in [0.25, 0.3) is 5.23 Å². The molecule has 0 bridgehead atoms. The molecular weight excluding hydrogens is 476 g/mol. The Balaban J connectivity index is 1.56. The minimum Gasteiger partial charge on any atom is -0.493 e. The summed E-state index contributed by atoms with van der Waals surface area (Å²) in [4.78, 5) is 16.3. The maximum Gasteiger partial charge on any atom is 0.251 e. The van der Waals surface area contributed by atoms with E-state index in [2.05, 4.69) is 11.1 Å². The monoisotopic (exact) mass is 506 g/mol. The van der Waals surface area contributed by atoms with Crippen LogP contribution < -0.4 is 15.2 Å². The standard InChI is InChI=1S/C24H30N2O6S2/c1-17-14-18(2)16-20(15-17)32-23(26-3)33-13-12-31-19-4-6-21(7-5-19)34(28,29)24(22(25)27)8-10-30-11-9-24/h4-7,14-16H,8-13H2,1-3H3,(H2,25,27). The van der Waals surface area contributed by atoms with Crippen LogP contribution in [0.4, 0.5) is 0 Å². The van der Waals surface area contributed by atoms with Crippen LogP contribution >= 0.6 is 11.8 Å². The van der Waals surface area contributed by atoms with Crippen LogP contribution in [0, 0.1) is 13.8 Å². The van der Waals surface area contributed by atoms with Crippen LogP contribution in [-0.2, 0) is 19.4 Å². The van der Waals surface area contributed by atoms with E-state index in [9.17, 15) is 13.2 Å². The molecule has 2 aromatic carbocycles. The van der Waals surface area contributed by atoms with E-state index in [1.54, 1.807) is 19.2 Å². The van der Waals surface area contributed by atoms with Crippen molar-refractivity contribution < 1.29 is 27.4 Å². The van der Waals surface area contributed by atoms with Gasteiger partial charge in [-0.1, -0.05) is 17.8 Å². The third-order valence-corrected chi connectivity index (χ3v) is 8.97. The highest BCUT2D eigenvalue weighted by atomic mass is 32.2. The lowest BCUT2D eigenvalue weighted by molar-refractivity contribution is -0.122. The van der Waals surface area contributed by atoms with Gasteiger partial charge in [-0.05, 0) is 74.2 Å².